The van der Waals surface area contributed by atoms with Crippen LogP contribution in [0, 0.1) is 138 Å². The Balaban J connectivity index is 0.000000156. The maximum atomic E-state index is 4.73. The van der Waals surface area contributed by atoms with Crippen molar-refractivity contribution in [1.29, 1.82) is 0 Å². The van der Waals surface area contributed by atoms with Gasteiger partial charge in [0.2, 0.25) is 0 Å². The summed E-state index contributed by atoms with van der Waals surface area (Å²) in [5.74, 6) is 4.93. The van der Waals surface area contributed by atoms with Gasteiger partial charge in [0.05, 0.1) is 106 Å². The number of nitrogens with zero attached hydrogens (tertiary/aromatic N) is 24. The molecule has 0 aromatic carbocycles. The molecular formula is C98H100Co3N24+8. The van der Waals surface area contributed by atoms with Crippen LogP contribution in [0.5, 0.6) is 0 Å². The predicted molar refractivity (Wildman–Crippen MR) is 482 cm³/mol. The molecule has 0 spiro atoms. The van der Waals surface area contributed by atoms with Crippen LogP contribution in [0.1, 0.15) is 112 Å². The van der Waals surface area contributed by atoms with Crippen LogP contribution in [0.2, 0.25) is 0 Å². The minimum absolute atomic E-state index is 0. The van der Waals surface area contributed by atoms with E-state index in [4.69, 9.17) is 9.97 Å². The molecule has 0 aliphatic carbocycles. The van der Waals surface area contributed by atoms with E-state index in [-0.39, 0.29) is 50.3 Å². The van der Waals surface area contributed by atoms with E-state index in [1.165, 1.54) is 33.4 Å². The first-order valence-electron chi connectivity index (χ1n) is 40.2. The molecule has 24 nitrogen and oxygen atoms in total. The monoisotopic (exact) mass is 1790 g/mol. The molecule has 27 heteroatoms. The number of hydrogen-bond acceptors (Lipinski definition) is 18. The van der Waals surface area contributed by atoms with Crippen LogP contribution in [0.15, 0.2) is 245 Å². The quantitative estimate of drug-likeness (QED) is 0.110. The van der Waals surface area contributed by atoms with Crippen molar-refractivity contribution in [3.8, 4) is 103 Å². The van der Waals surface area contributed by atoms with Gasteiger partial charge >= 0.3 is 50.3 Å². The first-order valence-corrected chi connectivity index (χ1v) is 40.2. The molecule has 0 saturated carbocycles. The molecule has 0 fully saturated rings. The topological polar surface area (TPSA) is 262 Å². The molecule has 0 saturated heterocycles. The van der Waals surface area contributed by atoms with E-state index in [1.54, 1.807) is 18.7 Å². The molecule has 0 aliphatic rings. The summed E-state index contributed by atoms with van der Waals surface area (Å²) >= 11 is 0. The van der Waals surface area contributed by atoms with Crippen molar-refractivity contribution in [2.75, 3.05) is 0 Å². The largest absolute Gasteiger partial charge is 3.00 e. The number of rotatable bonds is 12. The number of hydrogen-bond donors (Lipinski definition) is 0. The Bertz CT molecular complexity index is 6060. The maximum absolute atomic E-state index is 4.73. The van der Waals surface area contributed by atoms with E-state index >= 15 is 0 Å². The normalized spacial score (nSPS) is 10.5. The van der Waals surface area contributed by atoms with Gasteiger partial charge in [-0.05, 0) is 384 Å². The predicted octanol–water partition coefficient (Wildman–Crippen LogP) is 20.1. The molecule has 18 rings (SSSR count). The fraction of sp³-hybridized carbons (Fsp3) is 0.204. The molecule has 0 unspecified atom stereocenters. The zero-order valence-corrected chi connectivity index (χ0v) is 77.0. The van der Waals surface area contributed by atoms with Crippen LogP contribution < -0.4 is 0 Å². The smallest absolute Gasteiger partial charge is 0.255 e. The van der Waals surface area contributed by atoms with Gasteiger partial charge in [0.15, 0.2) is 34.9 Å². The van der Waals surface area contributed by atoms with Crippen LogP contribution in [0.3, 0.4) is 0 Å². The summed E-state index contributed by atoms with van der Waals surface area (Å²) in [6.07, 6.45) is 29.8. The zero-order chi connectivity index (χ0) is 86.4. The Morgan fingerprint density at radius 2 is 0.360 bits per heavy atom. The van der Waals surface area contributed by atoms with Crippen LogP contribution in [0.4, 0.5) is 0 Å². The van der Waals surface area contributed by atoms with Crippen molar-refractivity contribution in [2.24, 2.45) is 0 Å². The van der Waals surface area contributed by atoms with Crippen LogP contribution >= 0.6 is 0 Å². The van der Waals surface area contributed by atoms with Gasteiger partial charge < -0.3 is 0 Å². The van der Waals surface area contributed by atoms with Gasteiger partial charge in [-0.25, -0.2) is 58.0 Å². The third-order valence-electron chi connectivity index (χ3n) is 19.5. The van der Waals surface area contributed by atoms with Crippen molar-refractivity contribution in [2.45, 2.75) is 138 Å². The zero-order valence-electron chi connectivity index (χ0n) is 73.8. The molecule has 0 N–H and O–H groups in total. The summed E-state index contributed by atoms with van der Waals surface area (Å²) in [6, 6.07) is 48.6. The second kappa shape index (κ2) is 42.6. The summed E-state index contributed by atoms with van der Waals surface area (Å²) in [4.78, 5) is 54.6. The van der Waals surface area contributed by atoms with E-state index in [0.717, 1.165) is 181 Å². The van der Waals surface area contributed by atoms with Crippen molar-refractivity contribution in [3.63, 3.8) is 0 Å². The van der Waals surface area contributed by atoms with Gasteiger partial charge in [0.1, 0.15) is 0 Å². The van der Waals surface area contributed by atoms with Crippen molar-refractivity contribution < 1.29 is 50.3 Å². The molecule has 0 bridgehead atoms. The third kappa shape index (κ3) is 25.0. The van der Waals surface area contributed by atoms with E-state index < -0.39 is 0 Å². The summed E-state index contributed by atoms with van der Waals surface area (Å²) in [6.45, 7) is 41.0. The van der Waals surface area contributed by atoms with E-state index in [1.807, 2.05) is 270 Å². The molecule has 1 radical (unpaired) electrons. The van der Waals surface area contributed by atoms with Gasteiger partial charge in [0.25, 0.3) is 0 Å². The van der Waals surface area contributed by atoms with Gasteiger partial charge in [-0.3, -0.25) is 29.9 Å². The molecule has 0 amide bonds. The molecule has 18 heterocycles. The molecule has 631 valence electrons. The summed E-state index contributed by atoms with van der Waals surface area (Å²) in [5, 5.41) is 26.1. The van der Waals surface area contributed by atoms with Gasteiger partial charge in [0, 0.05) is 73.4 Å². The van der Waals surface area contributed by atoms with Gasteiger partial charge in [-0.1, -0.05) is 0 Å². The van der Waals surface area contributed by atoms with Crippen LogP contribution in [-0.2, 0) is 50.3 Å². The van der Waals surface area contributed by atoms with Crippen molar-refractivity contribution in [1.82, 2.24) is 118 Å². The Morgan fingerprint density at radius 1 is 0.184 bits per heavy atom. The average Bonchev–Trinajstić information content (AvgIpc) is 1.84. The molecule has 18 aromatic rings. The van der Waals surface area contributed by atoms with E-state index in [2.05, 4.69) is 203 Å². The van der Waals surface area contributed by atoms with Crippen LogP contribution in [-0.4, -0.2) is 118 Å². The maximum Gasteiger partial charge on any atom is 3.00 e. The Labute approximate surface area is 761 Å². The summed E-state index contributed by atoms with van der Waals surface area (Å²) in [5.41, 5.74) is 33.5. The summed E-state index contributed by atoms with van der Waals surface area (Å²) < 4.78 is 10.9. The molecular weight excluding hydrogens is 1690 g/mol. The first-order chi connectivity index (χ1) is 58.5. The minimum atomic E-state index is 0. The fourth-order valence-corrected chi connectivity index (χ4v) is 13.0. The van der Waals surface area contributed by atoms with E-state index in [0.29, 0.717) is 0 Å². The molecule has 125 heavy (non-hydrogen) atoms. The van der Waals surface area contributed by atoms with Gasteiger partial charge in [-0.15, -0.1) is 0 Å². The number of pyridine rings is 12. The third-order valence-corrected chi connectivity index (χ3v) is 19.5. The molecule has 18 aromatic heterocycles. The van der Waals surface area contributed by atoms with Gasteiger partial charge in [-0.2, -0.15) is 30.6 Å². The standard InChI is InChI=1S/2C17H18N4.4C16H16N4.3Co/c2*1-11-5-6-18-15(7-11)16-8-12(2)9-17(20-16)21-14(4)13(3)10-19-21;4*1-11-4-5-17-14(6-11)15-7-12(2)8-16(19-15)20-10-13(3)9-18-20;;;/h2*5-10H,1-4H3;4*4-10H,1-3H3;;;/q;;;;;;+2;2*+3. The summed E-state index contributed by atoms with van der Waals surface area (Å²) in [7, 11) is 0. The molecule has 0 aliphatic heterocycles. The average molecular weight is 1790 g/mol. The second-order valence-corrected chi connectivity index (χ2v) is 31.1. The fourth-order valence-electron chi connectivity index (χ4n) is 13.0. The van der Waals surface area contributed by atoms with E-state index in [9.17, 15) is 0 Å². The van der Waals surface area contributed by atoms with Crippen molar-refractivity contribution >= 4 is 0 Å². The molecule has 0 atom stereocenters. The number of aryl methyl sites for hydroxylation is 18. The van der Waals surface area contributed by atoms with Crippen LogP contribution in [0.25, 0.3) is 103 Å². The van der Waals surface area contributed by atoms with Crippen molar-refractivity contribution in [3.05, 3.63) is 356 Å². The Hall–Kier alpha value is -13.4. The second-order valence-electron chi connectivity index (χ2n) is 31.1. The SMILES string of the molecule is Cc1ccnc(-c2cc(C)cc(-n3cc(C)cn3)n2)c1.Cc1ccnc(-c2cc(C)cc(-n3cc(C)cn3)n2)c1.Cc1ccnc(-c2cc(C)cc(-n3cc(C)cn3)n2)c1.Cc1ccnc(-c2cc(C)cc(-n3cc(C)cn3)n2)c1.Cc1ccnc(-c2cc(C)cc(-n3ncc(C)c3C)n2)c1.Cc1ccnc(-c2cc(C)cc(-n3ncc(C)c3C)n2)c1.[Co+2].[Co+3].[Co+3]. The minimum Gasteiger partial charge on any atom is -0.255 e. The Morgan fingerprint density at radius 3 is 0.520 bits per heavy atom. The number of aromatic nitrogens is 24. The Kier molecular flexibility index (Phi) is 32.0. The first kappa shape index (κ1) is 93.8.